The first-order valence-electron chi connectivity index (χ1n) is 8.16. The molecule has 0 unspecified atom stereocenters. The molecule has 0 bridgehead atoms. The highest BCUT2D eigenvalue weighted by Gasteiger charge is 2.21. The van der Waals surface area contributed by atoms with E-state index in [2.05, 4.69) is 23.4 Å². The molecule has 0 spiro atoms. The average molecular weight is 337 g/mol. The fourth-order valence-electron chi connectivity index (χ4n) is 3.32. The van der Waals surface area contributed by atoms with Gasteiger partial charge in [0, 0.05) is 26.3 Å². The van der Waals surface area contributed by atoms with Crippen LogP contribution in [0.4, 0.5) is 0 Å². The van der Waals surface area contributed by atoms with Gasteiger partial charge in [-0.05, 0) is 19.4 Å². The van der Waals surface area contributed by atoms with Crippen molar-refractivity contribution in [3.05, 3.63) is 57.4 Å². The molecule has 0 saturated heterocycles. The summed E-state index contributed by atoms with van der Waals surface area (Å²) in [6, 6.07) is 10.1. The van der Waals surface area contributed by atoms with Crippen molar-refractivity contribution < 1.29 is 0 Å². The minimum absolute atomic E-state index is 0.144. The Morgan fingerprint density at radius 3 is 2.32 bits per heavy atom. The molecule has 0 radical (unpaired) electrons. The normalized spacial score (nSPS) is 11.9. The third-order valence-electron chi connectivity index (χ3n) is 4.59. The Kier molecular flexibility index (Phi) is 3.21. The quantitative estimate of drug-likeness (QED) is 0.561. The topological polar surface area (TPSA) is 66.2 Å². The molecule has 0 fully saturated rings. The second kappa shape index (κ2) is 5.20. The maximum absolute atomic E-state index is 12.7. The zero-order chi connectivity index (χ0) is 17.9. The second-order valence-corrected chi connectivity index (χ2v) is 6.50. The van der Waals surface area contributed by atoms with Gasteiger partial charge in [-0.2, -0.15) is 4.98 Å². The molecule has 0 N–H and O–H groups in total. The molecule has 0 aliphatic rings. The van der Waals surface area contributed by atoms with Crippen LogP contribution in [0.5, 0.6) is 0 Å². The number of hydrogen-bond donors (Lipinski definition) is 0. The van der Waals surface area contributed by atoms with Gasteiger partial charge in [0.2, 0.25) is 5.78 Å². The fourth-order valence-corrected chi connectivity index (χ4v) is 3.32. The van der Waals surface area contributed by atoms with Gasteiger partial charge in [0.25, 0.3) is 5.56 Å². The van der Waals surface area contributed by atoms with Crippen molar-refractivity contribution in [2.24, 2.45) is 14.1 Å². The molecule has 1 aromatic carbocycles. The van der Waals surface area contributed by atoms with Gasteiger partial charge in [0.15, 0.2) is 11.2 Å². The maximum atomic E-state index is 12.7. The van der Waals surface area contributed by atoms with E-state index in [1.807, 2.05) is 36.5 Å². The summed E-state index contributed by atoms with van der Waals surface area (Å²) in [6.45, 7) is 4.14. The number of aromatic nitrogens is 5. The van der Waals surface area contributed by atoms with Gasteiger partial charge in [0.1, 0.15) is 0 Å². The van der Waals surface area contributed by atoms with Crippen LogP contribution < -0.4 is 11.2 Å². The summed E-state index contributed by atoms with van der Waals surface area (Å²) in [4.78, 5) is 29.5. The highest BCUT2D eigenvalue weighted by atomic mass is 16.2. The summed E-state index contributed by atoms with van der Waals surface area (Å²) in [6.07, 6.45) is 1.92. The number of benzene rings is 1. The third kappa shape index (κ3) is 2.02. The van der Waals surface area contributed by atoms with Crippen LogP contribution in [0.2, 0.25) is 0 Å². The van der Waals surface area contributed by atoms with Crippen molar-refractivity contribution in [1.29, 1.82) is 0 Å². The van der Waals surface area contributed by atoms with Crippen molar-refractivity contribution in [1.82, 2.24) is 23.1 Å². The first-order chi connectivity index (χ1) is 11.9. The molecule has 0 amide bonds. The summed E-state index contributed by atoms with van der Waals surface area (Å²) >= 11 is 0. The van der Waals surface area contributed by atoms with E-state index in [-0.39, 0.29) is 17.3 Å². The Balaban J connectivity index is 2.21. The predicted octanol–water partition coefficient (Wildman–Crippen LogP) is 1.93. The molecule has 7 heteroatoms. The number of nitrogens with zero attached hydrogens (tertiary/aromatic N) is 5. The van der Waals surface area contributed by atoms with Gasteiger partial charge in [-0.1, -0.05) is 30.3 Å². The van der Waals surface area contributed by atoms with Gasteiger partial charge in [-0.3, -0.25) is 18.3 Å². The summed E-state index contributed by atoms with van der Waals surface area (Å²) in [5.41, 5.74) is 2.13. The largest absolute Gasteiger partial charge is 0.332 e. The summed E-state index contributed by atoms with van der Waals surface area (Å²) in [5.74, 6) is 0.655. The molecular formula is C18H19N5O2. The van der Waals surface area contributed by atoms with Crippen LogP contribution in [0.15, 0.2) is 46.1 Å². The molecular weight excluding hydrogens is 318 g/mol. The Bertz CT molecular complexity index is 1220. The van der Waals surface area contributed by atoms with Crippen molar-refractivity contribution in [3.63, 3.8) is 0 Å². The van der Waals surface area contributed by atoms with Gasteiger partial charge in [-0.15, -0.1) is 0 Å². The van der Waals surface area contributed by atoms with E-state index in [0.717, 1.165) is 15.8 Å². The lowest BCUT2D eigenvalue weighted by Crippen LogP contribution is -2.37. The first-order valence-corrected chi connectivity index (χ1v) is 8.16. The van der Waals surface area contributed by atoms with E-state index in [1.54, 1.807) is 11.4 Å². The van der Waals surface area contributed by atoms with Crippen molar-refractivity contribution in [3.8, 4) is 11.3 Å². The van der Waals surface area contributed by atoms with E-state index in [4.69, 9.17) is 0 Å². The highest BCUT2D eigenvalue weighted by Crippen LogP contribution is 2.28. The summed E-state index contributed by atoms with van der Waals surface area (Å²) in [7, 11) is 3.12. The molecule has 25 heavy (non-hydrogen) atoms. The number of aryl methyl sites for hydroxylation is 1. The molecule has 7 nitrogen and oxygen atoms in total. The summed E-state index contributed by atoms with van der Waals surface area (Å²) < 4.78 is 6.40. The van der Waals surface area contributed by atoms with Crippen molar-refractivity contribution in [2.75, 3.05) is 0 Å². The van der Waals surface area contributed by atoms with Gasteiger partial charge < -0.3 is 4.57 Å². The van der Waals surface area contributed by atoms with Crippen LogP contribution >= 0.6 is 0 Å². The minimum atomic E-state index is -0.377. The van der Waals surface area contributed by atoms with Crippen molar-refractivity contribution in [2.45, 2.75) is 19.9 Å². The summed E-state index contributed by atoms with van der Waals surface area (Å²) in [5, 5.41) is 0. The number of rotatable bonds is 2. The smallest absolute Gasteiger partial charge is 0.307 e. The van der Waals surface area contributed by atoms with Crippen LogP contribution in [0, 0.1) is 0 Å². The minimum Gasteiger partial charge on any atom is -0.307 e. The highest BCUT2D eigenvalue weighted by molar-refractivity contribution is 5.78. The van der Waals surface area contributed by atoms with Crippen LogP contribution in [0.1, 0.15) is 19.9 Å². The van der Waals surface area contributed by atoms with Crippen LogP contribution in [-0.4, -0.2) is 23.1 Å². The molecule has 0 atom stereocenters. The van der Waals surface area contributed by atoms with Crippen LogP contribution in [0.25, 0.3) is 28.2 Å². The fraction of sp³-hybridized carbons (Fsp3) is 0.278. The molecule has 4 rings (SSSR count). The zero-order valence-electron chi connectivity index (χ0n) is 14.6. The second-order valence-electron chi connectivity index (χ2n) is 6.50. The Labute approximate surface area is 143 Å². The maximum Gasteiger partial charge on any atom is 0.332 e. The number of imidazole rings is 2. The van der Waals surface area contributed by atoms with E-state index in [0.29, 0.717) is 16.9 Å². The standard InChI is InChI=1S/C18H19N5O2/c1-11(2)23-13(12-8-6-5-7-9-12)10-22-14-15(19-17(22)23)20(3)18(25)21(4)16(14)24/h5-11H,1-4H3. The zero-order valence-corrected chi connectivity index (χ0v) is 14.6. The lowest BCUT2D eigenvalue weighted by atomic mass is 10.1. The Hall–Kier alpha value is -3.09. The molecule has 3 heterocycles. The van der Waals surface area contributed by atoms with Gasteiger partial charge >= 0.3 is 5.69 Å². The predicted molar refractivity (Wildman–Crippen MR) is 97.0 cm³/mol. The molecule has 0 aliphatic heterocycles. The van der Waals surface area contributed by atoms with Crippen molar-refractivity contribution >= 4 is 16.9 Å². The molecule has 128 valence electrons. The monoisotopic (exact) mass is 337 g/mol. The number of hydrogen-bond acceptors (Lipinski definition) is 3. The van der Waals surface area contributed by atoms with Gasteiger partial charge in [-0.25, -0.2) is 4.79 Å². The molecule has 4 aromatic rings. The van der Waals surface area contributed by atoms with E-state index < -0.39 is 0 Å². The lowest BCUT2D eigenvalue weighted by Gasteiger charge is -2.12. The van der Waals surface area contributed by atoms with E-state index >= 15 is 0 Å². The third-order valence-corrected chi connectivity index (χ3v) is 4.59. The lowest BCUT2D eigenvalue weighted by molar-refractivity contribution is 0.621. The van der Waals surface area contributed by atoms with E-state index in [1.165, 1.54) is 11.6 Å². The molecule has 3 aromatic heterocycles. The molecule has 0 aliphatic carbocycles. The van der Waals surface area contributed by atoms with Crippen LogP contribution in [-0.2, 0) is 14.1 Å². The number of fused-ring (bicyclic) bond motifs is 3. The SMILES string of the molecule is CC(C)n1c(-c2ccccc2)cn2c3c(=O)n(C)c(=O)n(C)c3nc12. The first kappa shape index (κ1) is 15.4. The van der Waals surface area contributed by atoms with E-state index in [9.17, 15) is 9.59 Å². The Morgan fingerprint density at radius 2 is 1.68 bits per heavy atom. The van der Waals surface area contributed by atoms with Gasteiger partial charge in [0.05, 0.1) is 5.69 Å². The van der Waals surface area contributed by atoms with Crippen LogP contribution in [0.3, 0.4) is 0 Å². The average Bonchev–Trinajstić information content (AvgIpc) is 3.14. The molecule has 0 saturated carbocycles. The Morgan fingerprint density at radius 1 is 1.00 bits per heavy atom.